The number of benzene rings is 2. The number of aryl methyl sites for hydroxylation is 1. The molecule has 0 saturated heterocycles. The molecule has 4 heteroatoms. The molecular weight excluding hydrogens is 284 g/mol. The molecule has 0 spiro atoms. The van der Waals surface area contributed by atoms with Crippen molar-refractivity contribution in [2.75, 3.05) is 12.3 Å². The van der Waals surface area contributed by atoms with Gasteiger partial charge in [0.2, 0.25) is 0 Å². The van der Waals surface area contributed by atoms with E-state index >= 15 is 0 Å². The van der Waals surface area contributed by atoms with E-state index in [2.05, 4.69) is 0 Å². The van der Waals surface area contributed by atoms with E-state index in [0.717, 1.165) is 11.1 Å². The summed E-state index contributed by atoms with van der Waals surface area (Å²) in [4.78, 5) is 14.5. The minimum Gasteiger partial charge on any atom is -0.398 e. The Morgan fingerprint density at radius 1 is 1.24 bits per heavy atom. The lowest BCUT2D eigenvalue weighted by Gasteiger charge is -2.23. The number of hydrogen-bond acceptors (Lipinski definition) is 2. The molecular formula is C17H19ClN2O. The van der Waals surface area contributed by atoms with Crippen LogP contribution in [-0.2, 0) is 6.54 Å². The predicted molar refractivity (Wildman–Crippen MR) is 87.5 cm³/mol. The van der Waals surface area contributed by atoms with Gasteiger partial charge in [0.1, 0.15) is 0 Å². The van der Waals surface area contributed by atoms with Crippen molar-refractivity contribution in [3.63, 3.8) is 0 Å². The fourth-order valence-electron chi connectivity index (χ4n) is 2.21. The summed E-state index contributed by atoms with van der Waals surface area (Å²) < 4.78 is 0. The molecule has 1 amide bonds. The molecule has 3 nitrogen and oxygen atoms in total. The molecule has 0 aliphatic heterocycles. The highest BCUT2D eigenvalue weighted by Gasteiger charge is 2.17. The Morgan fingerprint density at radius 3 is 2.62 bits per heavy atom. The molecule has 0 fully saturated rings. The molecule has 2 aromatic rings. The number of carbonyl (C=O) groups is 1. The molecule has 2 N–H and O–H groups in total. The molecule has 0 aliphatic carbocycles. The fourth-order valence-corrected chi connectivity index (χ4v) is 2.38. The Balaban J connectivity index is 2.27. The number of nitrogens with zero attached hydrogens (tertiary/aromatic N) is 1. The highest BCUT2D eigenvalue weighted by Crippen LogP contribution is 2.20. The van der Waals surface area contributed by atoms with E-state index in [4.69, 9.17) is 17.3 Å². The molecule has 110 valence electrons. The zero-order valence-electron chi connectivity index (χ0n) is 12.3. The third kappa shape index (κ3) is 3.56. The standard InChI is InChI=1S/C17H19ClN2O/c1-3-20(11-13-6-4-5-7-16(13)19)17(21)15-10-14(18)9-8-12(15)2/h4-10H,3,11,19H2,1-2H3. The molecule has 0 heterocycles. The van der Waals surface area contributed by atoms with E-state index < -0.39 is 0 Å². The predicted octanol–water partition coefficient (Wildman–Crippen LogP) is 3.89. The summed E-state index contributed by atoms with van der Waals surface area (Å²) in [6, 6.07) is 13.0. The molecule has 0 unspecified atom stereocenters. The van der Waals surface area contributed by atoms with Gasteiger partial charge in [-0.1, -0.05) is 35.9 Å². The van der Waals surface area contributed by atoms with E-state index in [1.807, 2.05) is 44.2 Å². The lowest BCUT2D eigenvalue weighted by atomic mass is 10.1. The quantitative estimate of drug-likeness (QED) is 0.871. The van der Waals surface area contributed by atoms with Gasteiger partial charge >= 0.3 is 0 Å². The van der Waals surface area contributed by atoms with Crippen LogP contribution >= 0.6 is 11.6 Å². The zero-order chi connectivity index (χ0) is 15.4. The monoisotopic (exact) mass is 302 g/mol. The minimum absolute atomic E-state index is 0.0271. The zero-order valence-corrected chi connectivity index (χ0v) is 13.0. The maximum absolute atomic E-state index is 12.7. The number of halogens is 1. The van der Waals surface area contributed by atoms with Crippen molar-refractivity contribution < 1.29 is 4.79 Å². The molecule has 0 radical (unpaired) electrons. The second-order valence-electron chi connectivity index (χ2n) is 4.98. The summed E-state index contributed by atoms with van der Waals surface area (Å²) in [5, 5.41) is 0.569. The van der Waals surface area contributed by atoms with Crippen molar-refractivity contribution in [1.82, 2.24) is 4.90 Å². The first-order valence-electron chi connectivity index (χ1n) is 6.91. The van der Waals surface area contributed by atoms with Gasteiger partial charge < -0.3 is 10.6 Å². The van der Waals surface area contributed by atoms with Gasteiger partial charge in [-0.05, 0) is 43.2 Å². The number of nitrogens with two attached hydrogens (primary N) is 1. The van der Waals surface area contributed by atoms with Gasteiger partial charge in [0, 0.05) is 29.4 Å². The van der Waals surface area contributed by atoms with Gasteiger partial charge in [-0.2, -0.15) is 0 Å². The van der Waals surface area contributed by atoms with Crippen LogP contribution in [0.5, 0.6) is 0 Å². The molecule has 0 atom stereocenters. The Kier molecular flexibility index (Phi) is 4.86. The summed E-state index contributed by atoms with van der Waals surface area (Å²) in [6.07, 6.45) is 0. The second kappa shape index (κ2) is 6.64. The average molecular weight is 303 g/mol. The van der Waals surface area contributed by atoms with Crippen LogP contribution in [0.1, 0.15) is 28.4 Å². The molecule has 0 aliphatic rings. The normalized spacial score (nSPS) is 10.4. The fraction of sp³-hybridized carbons (Fsp3) is 0.235. The number of hydrogen-bond donors (Lipinski definition) is 1. The third-order valence-corrected chi connectivity index (χ3v) is 3.75. The van der Waals surface area contributed by atoms with E-state index in [9.17, 15) is 4.79 Å². The third-order valence-electron chi connectivity index (χ3n) is 3.52. The molecule has 2 aromatic carbocycles. The first kappa shape index (κ1) is 15.4. The number of rotatable bonds is 4. The number of amides is 1. The number of carbonyl (C=O) groups excluding carboxylic acids is 1. The molecule has 21 heavy (non-hydrogen) atoms. The van der Waals surface area contributed by atoms with Crippen LogP contribution in [0.25, 0.3) is 0 Å². The smallest absolute Gasteiger partial charge is 0.254 e. The van der Waals surface area contributed by atoms with Crippen LogP contribution in [0.2, 0.25) is 5.02 Å². The molecule has 0 bridgehead atoms. The van der Waals surface area contributed by atoms with E-state index in [0.29, 0.717) is 29.4 Å². The van der Waals surface area contributed by atoms with Gasteiger partial charge in [0.05, 0.1) is 0 Å². The Labute approximate surface area is 130 Å². The first-order chi connectivity index (χ1) is 10.0. The van der Waals surface area contributed by atoms with Crippen molar-refractivity contribution in [2.24, 2.45) is 0 Å². The maximum Gasteiger partial charge on any atom is 0.254 e. The topological polar surface area (TPSA) is 46.3 Å². The van der Waals surface area contributed by atoms with E-state index in [1.54, 1.807) is 17.0 Å². The van der Waals surface area contributed by atoms with E-state index in [-0.39, 0.29) is 5.91 Å². The van der Waals surface area contributed by atoms with Crippen molar-refractivity contribution in [3.8, 4) is 0 Å². The minimum atomic E-state index is -0.0271. The summed E-state index contributed by atoms with van der Waals surface area (Å²) in [6.45, 7) is 4.97. The first-order valence-corrected chi connectivity index (χ1v) is 7.29. The van der Waals surface area contributed by atoms with Crippen LogP contribution in [0.15, 0.2) is 42.5 Å². The van der Waals surface area contributed by atoms with Crippen LogP contribution in [0.3, 0.4) is 0 Å². The largest absolute Gasteiger partial charge is 0.398 e. The van der Waals surface area contributed by atoms with Gasteiger partial charge in [-0.25, -0.2) is 0 Å². The van der Waals surface area contributed by atoms with Gasteiger partial charge in [0.25, 0.3) is 5.91 Å². The summed E-state index contributed by atoms with van der Waals surface area (Å²) in [5.41, 5.74) is 9.17. The number of nitrogen functional groups attached to an aromatic ring is 1. The van der Waals surface area contributed by atoms with E-state index in [1.165, 1.54) is 0 Å². The van der Waals surface area contributed by atoms with Crippen LogP contribution in [0.4, 0.5) is 5.69 Å². The molecule has 0 saturated carbocycles. The molecule has 2 rings (SSSR count). The van der Waals surface area contributed by atoms with Crippen LogP contribution in [-0.4, -0.2) is 17.4 Å². The lowest BCUT2D eigenvalue weighted by Crippen LogP contribution is -2.31. The summed E-state index contributed by atoms with van der Waals surface area (Å²) in [5.74, 6) is -0.0271. The Bertz CT molecular complexity index is 655. The summed E-state index contributed by atoms with van der Waals surface area (Å²) >= 11 is 6.00. The Morgan fingerprint density at radius 2 is 1.95 bits per heavy atom. The maximum atomic E-state index is 12.7. The average Bonchev–Trinajstić information content (AvgIpc) is 2.48. The second-order valence-corrected chi connectivity index (χ2v) is 5.41. The van der Waals surface area contributed by atoms with Crippen LogP contribution in [0, 0.1) is 6.92 Å². The van der Waals surface area contributed by atoms with Gasteiger partial charge in [-0.3, -0.25) is 4.79 Å². The lowest BCUT2D eigenvalue weighted by molar-refractivity contribution is 0.0752. The number of para-hydroxylation sites is 1. The Hall–Kier alpha value is -2.00. The van der Waals surface area contributed by atoms with Crippen LogP contribution < -0.4 is 5.73 Å². The van der Waals surface area contributed by atoms with Gasteiger partial charge in [0.15, 0.2) is 0 Å². The van der Waals surface area contributed by atoms with Crippen molar-refractivity contribution in [2.45, 2.75) is 20.4 Å². The van der Waals surface area contributed by atoms with Gasteiger partial charge in [-0.15, -0.1) is 0 Å². The number of anilines is 1. The van der Waals surface area contributed by atoms with Crippen molar-refractivity contribution in [3.05, 3.63) is 64.2 Å². The molecule has 0 aromatic heterocycles. The van der Waals surface area contributed by atoms with Crippen molar-refractivity contribution in [1.29, 1.82) is 0 Å². The SMILES string of the molecule is CCN(Cc1ccccc1N)C(=O)c1cc(Cl)ccc1C. The van der Waals surface area contributed by atoms with Crippen molar-refractivity contribution >= 4 is 23.2 Å². The highest BCUT2D eigenvalue weighted by atomic mass is 35.5. The summed E-state index contributed by atoms with van der Waals surface area (Å²) in [7, 11) is 0. The highest BCUT2D eigenvalue weighted by molar-refractivity contribution is 6.31.